The van der Waals surface area contributed by atoms with E-state index in [1.807, 2.05) is 6.07 Å². The van der Waals surface area contributed by atoms with Crippen molar-refractivity contribution in [2.75, 3.05) is 6.61 Å². The maximum atomic E-state index is 6.21. The lowest BCUT2D eigenvalue weighted by Gasteiger charge is -2.21. The van der Waals surface area contributed by atoms with E-state index in [2.05, 4.69) is 25.2 Å². The van der Waals surface area contributed by atoms with Gasteiger partial charge >= 0.3 is 0 Å². The van der Waals surface area contributed by atoms with E-state index in [9.17, 15) is 0 Å². The maximum Gasteiger partial charge on any atom is 0.127 e. The van der Waals surface area contributed by atoms with Gasteiger partial charge in [0.05, 0.1) is 6.61 Å². The van der Waals surface area contributed by atoms with E-state index in [-0.39, 0.29) is 0 Å². The molecule has 1 fully saturated rings. The smallest absolute Gasteiger partial charge is 0.127 e. The van der Waals surface area contributed by atoms with Gasteiger partial charge in [-0.25, -0.2) is 0 Å². The second kappa shape index (κ2) is 5.95. The third-order valence-electron chi connectivity index (χ3n) is 5.13. The van der Waals surface area contributed by atoms with Crippen LogP contribution in [0.4, 0.5) is 0 Å². The monoisotopic (exact) mass is 293 g/mol. The Morgan fingerprint density at radius 2 is 2.20 bits per heavy atom. The van der Waals surface area contributed by atoms with Crippen LogP contribution in [0.2, 0.25) is 5.02 Å². The molecule has 2 aliphatic rings. The summed E-state index contributed by atoms with van der Waals surface area (Å²) in [6.07, 6.45) is 4.94. The summed E-state index contributed by atoms with van der Waals surface area (Å²) in [5, 5.41) is 4.56. The van der Waals surface area contributed by atoms with Crippen molar-refractivity contribution >= 4 is 11.6 Å². The van der Waals surface area contributed by atoms with E-state index in [1.54, 1.807) is 0 Å². The van der Waals surface area contributed by atoms with Crippen molar-refractivity contribution in [3.8, 4) is 5.75 Å². The molecule has 3 rings (SSSR count). The van der Waals surface area contributed by atoms with E-state index in [0.29, 0.717) is 6.04 Å². The van der Waals surface area contributed by atoms with E-state index < -0.39 is 0 Å². The largest absolute Gasteiger partial charge is 0.493 e. The van der Waals surface area contributed by atoms with Gasteiger partial charge in [0, 0.05) is 29.6 Å². The second-order valence-electron chi connectivity index (χ2n) is 6.24. The lowest BCUT2D eigenvalue weighted by molar-refractivity contribution is 0.335. The fraction of sp³-hybridized carbons (Fsp3) is 0.647. The predicted octanol–water partition coefficient (Wildman–Crippen LogP) is 4.19. The highest BCUT2D eigenvalue weighted by Gasteiger charge is 2.31. The van der Waals surface area contributed by atoms with Crippen LogP contribution in [0.3, 0.4) is 0 Å². The van der Waals surface area contributed by atoms with Crippen LogP contribution in [0.5, 0.6) is 5.75 Å². The molecule has 110 valence electrons. The Hall–Kier alpha value is -0.730. The molecular formula is C17H24ClNO. The molecule has 1 aromatic carbocycles. The van der Waals surface area contributed by atoms with Gasteiger partial charge in [0.2, 0.25) is 0 Å². The van der Waals surface area contributed by atoms with Crippen LogP contribution in [-0.2, 0) is 13.0 Å². The Morgan fingerprint density at radius 1 is 1.35 bits per heavy atom. The summed E-state index contributed by atoms with van der Waals surface area (Å²) in [6.45, 7) is 6.35. The van der Waals surface area contributed by atoms with Crippen LogP contribution in [0.1, 0.15) is 44.2 Å². The number of nitrogens with one attached hydrogen (secondary N) is 1. The van der Waals surface area contributed by atoms with E-state index in [0.717, 1.165) is 42.2 Å². The normalized spacial score (nSPS) is 28.4. The zero-order valence-electron chi connectivity index (χ0n) is 12.4. The Morgan fingerprint density at radius 3 is 2.95 bits per heavy atom. The summed E-state index contributed by atoms with van der Waals surface area (Å²) in [5.41, 5.74) is 2.48. The lowest BCUT2D eigenvalue weighted by atomic mass is 9.93. The van der Waals surface area contributed by atoms with Gasteiger partial charge in [-0.1, -0.05) is 31.9 Å². The van der Waals surface area contributed by atoms with Gasteiger partial charge in [-0.15, -0.1) is 0 Å². The Balaban J connectivity index is 1.68. The molecule has 2 nitrogen and oxygen atoms in total. The average molecular weight is 294 g/mol. The van der Waals surface area contributed by atoms with Crippen LogP contribution in [0, 0.1) is 11.8 Å². The van der Waals surface area contributed by atoms with E-state index in [1.165, 1.54) is 30.4 Å². The highest BCUT2D eigenvalue weighted by molar-refractivity contribution is 6.30. The molecule has 3 atom stereocenters. The highest BCUT2D eigenvalue weighted by atomic mass is 35.5. The van der Waals surface area contributed by atoms with Gasteiger partial charge in [-0.2, -0.15) is 0 Å². The molecule has 20 heavy (non-hydrogen) atoms. The predicted molar refractivity (Wildman–Crippen MR) is 83.5 cm³/mol. The molecule has 0 saturated heterocycles. The number of halogens is 1. The number of ether oxygens (including phenoxy) is 1. The minimum atomic E-state index is 0.635. The van der Waals surface area contributed by atoms with Crippen molar-refractivity contribution in [1.82, 2.24) is 5.32 Å². The SMILES string of the molecule is CCC1CCC(NCc2cc(Cl)cc3c2OCC3)C1C. The van der Waals surface area contributed by atoms with E-state index in [4.69, 9.17) is 16.3 Å². The molecule has 1 heterocycles. The van der Waals surface area contributed by atoms with Crippen LogP contribution in [0.15, 0.2) is 12.1 Å². The van der Waals surface area contributed by atoms with Crippen LogP contribution < -0.4 is 10.1 Å². The molecular weight excluding hydrogens is 270 g/mol. The first kappa shape index (κ1) is 14.2. The van der Waals surface area contributed by atoms with Gasteiger partial charge in [-0.05, 0) is 42.4 Å². The van der Waals surface area contributed by atoms with Gasteiger partial charge < -0.3 is 10.1 Å². The zero-order chi connectivity index (χ0) is 14.1. The van der Waals surface area contributed by atoms with E-state index >= 15 is 0 Å². The molecule has 1 N–H and O–H groups in total. The highest BCUT2D eigenvalue weighted by Crippen LogP contribution is 2.36. The third kappa shape index (κ3) is 2.68. The van der Waals surface area contributed by atoms with Gasteiger partial charge in [0.1, 0.15) is 5.75 Å². The van der Waals surface area contributed by atoms with Crippen molar-refractivity contribution in [2.45, 2.75) is 52.1 Å². The van der Waals surface area contributed by atoms with Gasteiger partial charge in [0.25, 0.3) is 0 Å². The summed E-state index contributed by atoms with van der Waals surface area (Å²) in [5.74, 6) is 2.72. The number of fused-ring (bicyclic) bond motifs is 1. The van der Waals surface area contributed by atoms with Gasteiger partial charge in [-0.3, -0.25) is 0 Å². The summed E-state index contributed by atoms with van der Waals surface area (Å²) >= 11 is 6.21. The van der Waals surface area contributed by atoms with Crippen molar-refractivity contribution in [2.24, 2.45) is 11.8 Å². The number of hydrogen-bond donors (Lipinski definition) is 1. The minimum absolute atomic E-state index is 0.635. The van der Waals surface area contributed by atoms with Crippen LogP contribution in [-0.4, -0.2) is 12.6 Å². The molecule has 0 spiro atoms. The fourth-order valence-corrected chi connectivity index (χ4v) is 4.09. The Labute approximate surface area is 126 Å². The number of benzene rings is 1. The van der Waals surface area contributed by atoms with Gasteiger partial charge in [0.15, 0.2) is 0 Å². The molecule has 1 saturated carbocycles. The minimum Gasteiger partial charge on any atom is -0.493 e. The van der Waals surface area contributed by atoms with Crippen molar-refractivity contribution in [3.05, 3.63) is 28.3 Å². The molecule has 1 aromatic rings. The zero-order valence-corrected chi connectivity index (χ0v) is 13.2. The molecule has 0 aromatic heterocycles. The Bertz CT molecular complexity index is 488. The molecule has 1 aliphatic carbocycles. The first-order valence-corrected chi connectivity index (χ1v) is 8.24. The Kier molecular flexibility index (Phi) is 4.23. The van der Waals surface area contributed by atoms with Crippen molar-refractivity contribution < 1.29 is 4.74 Å². The van der Waals surface area contributed by atoms with Crippen molar-refractivity contribution in [3.63, 3.8) is 0 Å². The topological polar surface area (TPSA) is 21.3 Å². The van der Waals surface area contributed by atoms with Crippen LogP contribution in [0.25, 0.3) is 0 Å². The first-order chi connectivity index (χ1) is 9.69. The molecule has 3 unspecified atom stereocenters. The molecule has 0 amide bonds. The second-order valence-corrected chi connectivity index (χ2v) is 6.68. The third-order valence-corrected chi connectivity index (χ3v) is 5.35. The standard InChI is InChI=1S/C17H24ClNO/c1-3-12-4-5-16(11(12)2)19-10-14-9-15(18)8-13-6-7-20-17(13)14/h8-9,11-12,16,19H,3-7,10H2,1-2H3. The molecule has 0 radical (unpaired) electrons. The van der Waals surface area contributed by atoms with Crippen molar-refractivity contribution in [1.29, 1.82) is 0 Å². The van der Waals surface area contributed by atoms with Crippen LogP contribution >= 0.6 is 11.6 Å². The fourth-order valence-electron chi connectivity index (χ4n) is 3.83. The molecule has 0 bridgehead atoms. The number of hydrogen-bond acceptors (Lipinski definition) is 2. The molecule has 3 heteroatoms. The number of rotatable bonds is 4. The molecule has 1 aliphatic heterocycles. The quantitative estimate of drug-likeness (QED) is 0.899. The average Bonchev–Trinajstić information content (AvgIpc) is 3.02. The summed E-state index contributed by atoms with van der Waals surface area (Å²) < 4.78 is 5.77. The summed E-state index contributed by atoms with van der Waals surface area (Å²) in [7, 11) is 0. The summed E-state index contributed by atoms with van der Waals surface area (Å²) in [4.78, 5) is 0. The summed E-state index contributed by atoms with van der Waals surface area (Å²) in [6, 6.07) is 4.73. The first-order valence-electron chi connectivity index (χ1n) is 7.86. The maximum absolute atomic E-state index is 6.21. The lowest BCUT2D eigenvalue weighted by Crippen LogP contribution is -2.32.